The molecule has 2 rings (SSSR count). The minimum atomic E-state index is 0. The summed E-state index contributed by atoms with van der Waals surface area (Å²) < 4.78 is 0. The van der Waals surface area contributed by atoms with Crippen LogP contribution in [0.2, 0.25) is 0 Å². The summed E-state index contributed by atoms with van der Waals surface area (Å²) in [6.45, 7) is 4.54. The zero-order chi connectivity index (χ0) is 9.97. The van der Waals surface area contributed by atoms with Crippen molar-refractivity contribution in [2.75, 3.05) is 11.5 Å². The second kappa shape index (κ2) is 5.47. The van der Waals surface area contributed by atoms with Gasteiger partial charge in [0.15, 0.2) is 4.90 Å². The van der Waals surface area contributed by atoms with E-state index in [9.17, 15) is 0 Å². The minimum absolute atomic E-state index is 0. The fourth-order valence-corrected chi connectivity index (χ4v) is 3.54. The van der Waals surface area contributed by atoms with Crippen molar-refractivity contribution in [1.29, 1.82) is 0 Å². The largest absolute Gasteiger partial charge is 1.00 e. The van der Waals surface area contributed by atoms with Crippen molar-refractivity contribution in [3.63, 3.8) is 0 Å². The second-order valence-electron chi connectivity index (χ2n) is 3.27. The monoisotopic (exact) mass is 241 g/mol. The summed E-state index contributed by atoms with van der Waals surface area (Å²) in [5, 5.41) is 1.40. The van der Waals surface area contributed by atoms with E-state index in [1.54, 1.807) is 0 Å². The first-order chi connectivity index (χ1) is 6.86. The van der Waals surface area contributed by atoms with Gasteiger partial charge < -0.3 is 17.4 Å². The lowest BCUT2D eigenvalue weighted by Gasteiger charge is -2.00. The minimum Gasteiger partial charge on any atom is -1.00 e. The Hall–Kier alpha value is -0.600. The number of benzene rings is 1. The summed E-state index contributed by atoms with van der Waals surface area (Å²) >= 11 is 0. The Bertz CT molecular complexity index is 420. The Morgan fingerprint density at radius 2 is 1.80 bits per heavy atom. The molecule has 82 valence electrons. The Labute approximate surface area is 100 Å². The van der Waals surface area contributed by atoms with Crippen molar-refractivity contribution in [1.82, 2.24) is 4.98 Å². The summed E-state index contributed by atoms with van der Waals surface area (Å²) in [7, 11) is 0.424. The van der Waals surface area contributed by atoms with Crippen LogP contribution in [-0.2, 0) is 10.9 Å². The number of aromatic amines is 1. The molecule has 1 nitrogen and oxygen atoms in total. The first-order valence-electron chi connectivity index (χ1n) is 5.10. The molecule has 1 heterocycles. The van der Waals surface area contributed by atoms with E-state index in [2.05, 4.69) is 49.3 Å². The molecule has 0 spiro atoms. The molecule has 0 amide bonds. The van der Waals surface area contributed by atoms with E-state index < -0.39 is 0 Å². The van der Waals surface area contributed by atoms with Gasteiger partial charge in [0.05, 0.1) is 17.1 Å². The highest BCUT2D eigenvalue weighted by molar-refractivity contribution is 7.97. The molecule has 0 unspecified atom stereocenters. The molecule has 3 heteroatoms. The van der Waals surface area contributed by atoms with Crippen LogP contribution in [0.3, 0.4) is 0 Å². The van der Waals surface area contributed by atoms with Crippen molar-refractivity contribution in [3.05, 3.63) is 30.5 Å². The maximum atomic E-state index is 3.34. The van der Waals surface area contributed by atoms with Crippen molar-refractivity contribution < 1.29 is 12.4 Å². The number of H-pyrrole nitrogens is 1. The third-order valence-corrected chi connectivity index (χ3v) is 4.91. The van der Waals surface area contributed by atoms with Crippen LogP contribution in [0.15, 0.2) is 35.4 Å². The standard InChI is InChI=1S/C12H16NS.ClH/c1-3-14(4-2)12-9-13-11-8-6-5-7-10(11)12;/h5-9,13H,3-4H2,1-2H3;1H/q+1;/p-1. The van der Waals surface area contributed by atoms with Crippen LogP contribution in [0.4, 0.5) is 0 Å². The summed E-state index contributed by atoms with van der Waals surface area (Å²) in [6, 6.07) is 8.56. The van der Waals surface area contributed by atoms with Crippen LogP contribution >= 0.6 is 0 Å². The molecule has 0 bridgehead atoms. The van der Waals surface area contributed by atoms with Crippen LogP contribution in [0.1, 0.15) is 13.8 Å². The predicted molar refractivity (Wildman–Crippen MR) is 65.0 cm³/mol. The van der Waals surface area contributed by atoms with Gasteiger partial charge in [-0.05, 0) is 26.0 Å². The van der Waals surface area contributed by atoms with Crippen molar-refractivity contribution in [3.8, 4) is 0 Å². The molecule has 0 atom stereocenters. The number of hydrogen-bond acceptors (Lipinski definition) is 0. The second-order valence-corrected chi connectivity index (χ2v) is 5.85. The third-order valence-electron chi connectivity index (χ3n) is 2.56. The molecule has 0 radical (unpaired) electrons. The number of hydrogen-bond donors (Lipinski definition) is 1. The van der Waals surface area contributed by atoms with Gasteiger partial charge in [0, 0.05) is 10.9 Å². The van der Waals surface area contributed by atoms with Gasteiger partial charge in [-0.1, -0.05) is 12.1 Å². The fourth-order valence-electron chi connectivity index (χ4n) is 1.80. The van der Waals surface area contributed by atoms with E-state index in [-0.39, 0.29) is 12.4 Å². The van der Waals surface area contributed by atoms with Gasteiger partial charge in [-0.2, -0.15) is 0 Å². The van der Waals surface area contributed by atoms with Crippen molar-refractivity contribution in [2.24, 2.45) is 0 Å². The fraction of sp³-hybridized carbons (Fsp3) is 0.333. The zero-order valence-electron chi connectivity index (χ0n) is 9.09. The van der Waals surface area contributed by atoms with E-state index in [0.29, 0.717) is 10.9 Å². The average Bonchev–Trinajstić information content (AvgIpc) is 2.65. The number of nitrogens with one attached hydrogen (secondary N) is 1. The molecule has 0 aliphatic carbocycles. The molecular formula is C12H16ClNS. The zero-order valence-corrected chi connectivity index (χ0v) is 10.7. The van der Waals surface area contributed by atoms with Gasteiger partial charge in [0.2, 0.25) is 0 Å². The number of rotatable bonds is 3. The highest BCUT2D eigenvalue weighted by atomic mass is 35.5. The van der Waals surface area contributed by atoms with Gasteiger partial charge in [0.25, 0.3) is 0 Å². The van der Waals surface area contributed by atoms with Gasteiger partial charge in [-0.15, -0.1) is 0 Å². The number of aromatic nitrogens is 1. The van der Waals surface area contributed by atoms with Crippen LogP contribution in [0.5, 0.6) is 0 Å². The van der Waals surface area contributed by atoms with Gasteiger partial charge in [-0.3, -0.25) is 0 Å². The summed E-state index contributed by atoms with van der Waals surface area (Å²) in [6.07, 6.45) is 2.18. The predicted octanol–water partition coefficient (Wildman–Crippen LogP) is 0.189. The Kier molecular flexibility index (Phi) is 4.55. The summed E-state index contributed by atoms with van der Waals surface area (Å²) in [5.41, 5.74) is 1.27. The normalized spacial score (nSPS) is 10.6. The smallest absolute Gasteiger partial charge is 0.180 e. The average molecular weight is 242 g/mol. The molecule has 0 aliphatic rings. The van der Waals surface area contributed by atoms with Crippen LogP contribution in [0.25, 0.3) is 10.9 Å². The summed E-state index contributed by atoms with van der Waals surface area (Å²) in [5.74, 6) is 2.50. The van der Waals surface area contributed by atoms with Crippen LogP contribution < -0.4 is 12.4 Å². The Morgan fingerprint density at radius 3 is 2.47 bits per heavy atom. The lowest BCUT2D eigenvalue weighted by Crippen LogP contribution is -3.00. The number of para-hydroxylation sites is 1. The van der Waals surface area contributed by atoms with E-state index in [1.165, 1.54) is 27.3 Å². The van der Waals surface area contributed by atoms with Crippen LogP contribution in [0, 0.1) is 0 Å². The molecule has 1 aromatic carbocycles. The van der Waals surface area contributed by atoms with Gasteiger partial charge >= 0.3 is 0 Å². The highest BCUT2D eigenvalue weighted by Crippen LogP contribution is 2.24. The maximum absolute atomic E-state index is 3.34. The molecule has 2 aromatic rings. The van der Waals surface area contributed by atoms with Crippen molar-refractivity contribution >= 4 is 21.8 Å². The number of fused-ring (bicyclic) bond motifs is 1. The number of halogens is 1. The van der Waals surface area contributed by atoms with E-state index >= 15 is 0 Å². The van der Waals surface area contributed by atoms with E-state index in [1.807, 2.05) is 0 Å². The first-order valence-corrected chi connectivity index (χ1v) is 6.66. The van der Waals surface area contributed by atoms with Crippen LogP contribution in [-0.4, -0.2) is 16.5 Å². The molecule has 0 saturated heterocycles. The Balaban J connectivity index is 0.00000112. The maximum Gasteiger partial charge on any atom is 0.180 e. The molecule has 15 heavy (non-hydrogen) atoms. The molecule has 1 N–H and O–H groups in total. The molecule has 0 saturated carbocycles. The molecule has 1 aromatic heterocycles. The van der Waals surface area contributed by atoms with Gasteiger partial charge in [0.1, 0.15) is 11.5 Å². The molecule has 0 fully saturated rings. The van der Waals surface area contributed by atoms with Gasteiger partial charge in [-0.25, -0.2) is 0 Å². The lowest BCUT2D eigenvalue weighted by atomic mass is 10.2. The lowest BCUT2D eigenvalue weighted by molar-refractivity contribution is -0.00000296. The molecular weight excluding hydrogens is 226 g/mol. The third kappa shape index (κ3) is 2.32. The van der Waals surface area contributed by atoms with E-state index in [0.717, 1.165) is 0 Å². The highest BCUT2D eigenvalue weighted by Gasteiger charge is 2.20. The Morgan fingerprint density at radius 1 is 1.13 bits per heavy atom. The quantitative estimate of drug-likeness (QED) is 0.739. The topological polar surface area (TPSA) is 15.8 Å². The van der Waals surface area contributed by atoms with Crippen molar-refractivity contribution in [2.45, 2.75) is 18.7 Å². The first kappa shape index (κ1) is 12.5. The van der Waals surface area contributed by atoms with E-state index in [4.69, 9.17) is 0 Å². The summed E-state index contributed by atoms with van der Waals surface area (Å²) in [4.78, 5) is 4.85. The SMILES string of the molecule is CC[S+](CC)c1c[nH]c2ccccc12.[Cl-]. The molecule has 0 aliphatic heterocycles.